The molecule has 0 spiro atoms. The first-order chi connectivity index (χ1) is 10.2. The number of aromatic nitrogens is 2. The average Bonchev–Trinajstić information content (AvgIpc) is 3.18. The zero-order chi connectivity index (χ0) is 14.7. The Kier molecular flexibility index (Phi) is 4.31. The molecule has 21 heavy (non-hydrogen) atoms. The second-order valence-electron chi connectivity index (χ2n) is 5.04. The number of amides is 1. The lowest BCUT2D eigenvalue weighted by molar-refractivity contribution is 0.0910. The topological polar surface area (TPSA) is 72.1 Å². The minimum absolute atomic E-state index is 0.142. The predicted molar refractivity (Wildman–Crippen MR) is 80.2 cm³/mol. The van der Waals surface area contributed by atoms with Crippen LogP contribution in [-0.4, -0.2) is 34.6 Å². The van der Waals surface area contributed by atoms with Crippen LogP contribution in [0.3, 0.4) is 0 Å². The predicted octanol–water partition coefficient (Wildman–Crippen LogP) is 1.40. The number of imidazole rings is 1. The van der Waals surface area contributed by atoms with Crippen molar-refractivity contribution in [1.82, 2.24) is 20.2 Å². The van der Waals surface area contributed by atoms with E-state index in [1.807, 2.05) is 23.9 Å². The van der Waals surface area contributed by atoms with Gasteiger partial charge >= 0.3 is 0 Å². The fourth-order valence-electron chi connectivity index (χ4n) is 2.24. The van der Waals surface area contributed by atoms with E-state index in [0.717, 1.165) is 30.4 Å². The molecule has 2 aromatic rings. The number of carbonyl (C=O) groups is 1. The maximum atomic E-state index is 12.0. The molecule has 1 atom stereocenters. The Hall–Kier alpha value is -1.73. The quantitative estimate of drug-likeness (QED) is 0.817. The van der Waals surface area contributed by atoms with Crippen molar-refractivity contribution in [2.45, 2.75) is 23.4 Å². The number of furan rings is 1. The SMILES string of the molecule is Cn1ccnc1SCc1ccc(C(=O)NC2CCNC2)o1. The summed E-state index contributed by atoms with van der Waals surface area (Å²) in [5.41, 5.74) is 0. The molecule has 1 fully saturated rings. The van der Waals surface area contributed by atoms with Crippen molar-refractivity contribution in [2.75, 3.05) is 13.1 Å². The highest BCUT2D eigenvalue weighted by Crippen LogP contribution is 2.21. The van der Waals surface area contributed by atoms with Gasteiger partial charge in [-0.05, 0) is 25.1 Å². The molecule has 0 aromatic carbocycles. The number of thioether (sulfide) groups is 1. The van der Waals surface area contributed by atoms with Gasteiger partial charge in [-0.15, -0.1) is 0 Å². The van der Waals surface area contributed by atoms with Crippen LogP contribution in [0.1, 0.15) is 22.7 Å². The summed E-state index contributed by atoms with van der Waals surface area (Å²) in [6.45, 7) is 1.78. The number of rotatable bonds is 5. The van der Waals surface area contributed by atoms with Crippen LogP contribution in [0.25, 0.3) is 0 Å². The molecule has 2 N–H and O–H groups in total. The summed E-state index contributed by atoms with van der Waals surface area (Å²) in [6.07, 6.45) is 4.63. The van der Waals surface area contributed by atoms with Crippen molar-refractivity contribution in [3.8, 4) is 0 Å². The van der Waals surface area contributed by atoms with Gasteiger partial charge in [-0.1, -0.05) is 11.8 Å². The highest BCUT2D eigenvalue weighted by molar-refractivity contribution is 7.98. The highest BCUT2D eigenvalue weighted by atomic mass is 32.2. The number of nitrogens with one attached hydrogen (secondary N) is 2. The molecule has 0 radical (unpaired) electrons. The van der Waals surface area contributed by atoms with E-state index in [4.69, 9.17) is 4.42 Å². The Balaban J connectivity index is 1.55. The molecule has 0 saturated carbocycles. The van der Waals surface area contributed by atoms with Crippen LogP contribution >= 0.6 is 11.8 Å². The molecule has 6 nitrogen and oxygen atoms in total. The van der Waals surface area contributed by atoms with E-state index in [-0.39, 0.29) is 11.9 Å². The number of carbonyl (C=O) groups excluding carboxylic acids is 1. The van der Waals surface area contributed by atoms with Crippen LogP contribution in [0, 0.1) is 0 Å². The van der Waals surface area contributed by atoms with Gasteiger partial charge in [0, 0.05) is 32.0 Å². The fraction of sp³-hybridized carbons (Fsp3) is 0.429. The first-order valence-electron chi connectivity index (χ1n) is 6.93. The van der Waals surface area contributed by atoms with E-state index in [0.29, 0.717) is 11.5 Å². The van der Waals surface area contributed by atoms with Crippen molar-refractivity contribution in [1.29, 1.82) is 0 Å². The second kappa shape index (κ2) is 6.36. The molecule has 1 amide bonds. The fourth-order valence-corrected chi connectivity index (χ4v) is 3.06. The van der Waals surface area contributed by atoms with Crippen molar-refractivity contribution in [3.63, 3.8) is 0 Å². The van der Waals surface area contributed by atoms with Gasteiger partial charge in [-0.2, -0.15) is 0 Å². The molecular weight excluding hydrogens is 288 g/mol. The monoisotopic (exact) mass is 306 g/mol. The van der Waals surface area contributed by atoms with Crippen molar-refractivity contribution in [3.05, 3.63) is 36.0 Å². The number of hydrogen-bond acceptors (Lipinski definition) is 5. The van der Waals surface area contributed by atoms with Gasteiger partial charge in [-0.25, -0.2) is 4.98 Å². The van der Waals surface area contributed by atoms with Crippen LogP contribution < -0.4 is 10.6 Å². The third kappa shape index (κ3) is 3.48. The Bertz CT molecular complexity index is 616. The van der Waals surface area contributed by atoms with Gasteiger partial charge in [-0.3, -0.25) is 4.79 Å². The standard InChI is InChI=1S/C14H18N4O2S/c1-18-7-6-16-14(18)21-9-11-2-3-12(20-11)13(19)17-10-4-5-15-8-10/h2-3,6-7,10,15H,4-5,8-9H2,1H3,(H,17,19). The lowest BCUT2D eigenvalue weighted by Crippen LogP contribution is -2.35. The number of aryl methyl sites for hydroxylation is 1. The number of hydrogen-bond donors (Lipinski definition) is 2. The molecule has 1 saturated heterocycles. The molecule has 7 heteroatoms. The van der Waals surface area contributed by atoms with Crippen LogP contribution in [-0.2, 0) is 12.8 Å². The summed E-state index contributed by atoms with van der Waals surface area (Å²) >= 11 is 1.58. The smallest absolute Gasteiger partial charge is 0.287 e. The Morgan fingerprint density at radius 1 is 1.62 bits per heavy atom. The summed E-state index contributed by atoms with van der Waals surface area (Å²) < 4.78 is 7.56. The highest BCUT2D eigenvalue weighted by Gasteiger charge is 2.19. The summed E-state index contributed by atoms with van der Waals surface area (Å²) in [7, 11) is 1.95. The molecule has 3 heterocycles. The third-order valence-corrected chi connectivity index (χ3v) is 4.48. The van der Waals surface area contributed by atoms with E-state index < -0.39 is 0 Å². The molecule has 1 aliphatic heterocycles. The van der Waals surface area contributed by atoms with Gasteiger partial charge in [0.05, 0.1) is 5.75 Å². The van der Waals surface area contributed by atoms with E-state index in [2.05, 4.69) is 15.6 Å². The van der Waals surface area contributed by atoms with E-state index >= 15 is 0 Å². The van der Waals surface area contributed by atoms with Gasteiger partial charge in [0.25, 0.3) is 5.91 Å². The minimum Gasteiger partial charge on any atom is -0.455 e. The molecule has 2 aromatic heterocycles. The van der Waals surface area contributed by atoms with E-state index in [9.17, 15) is 4.79 Å². The molecule has 1 aliphatic rings. The first kappa shape index (κ1) is 14.2. The van der Waals surface area contributed by atoms with Crippen LogP contribution in [0.15, 0.2) is 34.1 Å². The van der Waals surface area contributed by atoms with E-state index in [1.54, 1.807) is 24.0 Å². The maximum Gasteiger partial charge on any atom is 0.287 e. The van der Waals surface area contributed by atoms with Crippen LogP contribution in [0.2, 0.25) is 0 Å². The molecule has 0 aliphatic carbocycles. The lowest BCUT2D eigenvalue weighted by Gasteiger charge is -2.09. The van der Waals surface area contributed by atoms with Gasteiger partial charge in [0.2, 0.25) is 0 Å². The maximum absolute atomic E-state index is 12.0. The van der Waals surface area contributed by atoms with Crippen molar-refractivity contribution in [2.24, 2.45) is 7.05 Å². The van der Waals surface area contributed by atoms with Gasteiger partial charge in [0.1, 0.15) is 5.76 Å². The second-order valence-corrected chi connectivity index (χ2v) is 5.98. The average molecular weight is 306 g/mol. The third-order valence-electron chi connectivity index (χ3n) is 3.40. The lowest BCUT2D eigenvalue weighted by atomic mass is 10.2. The molecule has 1 unspecified atom stereocenters. The molecule has 112 valence electrons. The minimum atomic E-state index is -0.142. The van der Waals surface area contributed by atoms with Crippen LogP contribution in [0.4, 0.5) is 0 Å². The normalized spacial score (nSPS) is 18.0. The zero-order valence-electron chi connectivity index (χ0n) is 11.8. The molecule has 0 bridgehead atoms. The van der Waals surface area contributed by atoms with E-state index in [1.165, 1.54) is 0 Å². The van der Waals surface area contributed by atoms with Crippen molar-refractivity contribution >= 4 is 17.7 Å². The summed E-state index contributed by atoms with van der Waals surface area (Å²) in [6, 6.07) is 3.78. The Morgan fingerprint density at radius 3 is 3.24 bits per heavy atom. The summed E-state index contributed by atoms with van der Waals surface area (Å²) in [5.74, 6) is 1.66. The van der Waals surface area contributed by atoms with Gasteiger partial charge < -0.3 is 19.6 Å². The van der Waals surface area contributed by atoms with Gasteiger partial charge in [0.15, 0.2) is 10.9 Å². The zero-order valence-corrected chi connectivity index (χ0v) is 12.7. The summed E-state index contributed by atoms with van der Waals surface area (Å²) in [5, 5.41) is 7.11. The van der Waals surface area contributed by atoms with Crippen molar-refractivity contribution < 1.29 is 9.21 Å². The first-order valence-corrected chi connectivity index (χ1v) is 7.91. The Labute approximate surface area is 127 Å². The summed E-state index contributed by atoms with van der Waals surface area (Å²) in [4.78, 5) is 16.3. The Morgan fingerprint density at radius 2 is 2.52 bits per heavy atom. The number of nitrogens with zero attached hydrogens (tertiary/aromatic N) is 2. The van der Waals surface area contributed by atoms with Crippen LogP contribution in [0.5, 0.6) is 0 Å². The molecule has 3 rings (SSSR count). The largest absolute Gasteiger partial charge is 0.455 e. The molecular formula is C14H18N4O2S.